The van der Waals surface area contributed by atoms with Crippen LogP contribution < -0.4 is 0 Å². The van der Waals surface area contributed by atoms with Crippen molar-refractivity contribution in [2.45, 2.75) is 38.8 Å². The summed E-state index contributed by atoms with van der Waals surface area (Å²) in [6.07, 6.45) is 4.29. The molecule has 1 aliphatic heterocycles. The van der Waals surface area contributed by atoms with Crippen molar-refractivity contribution < 1.29 is 19.9 Å². The molecule has 1 saturated heterocycles. The van der Waals surface area contributed by atoms with Crippen LogP contribution in [0.1, 0.15) is 27.7 Å². The third-order valence-electron chi connectivity index (χ3n) is 4.35. The number of ether oxygens (including phenoxy) is 1. The van der Waals surface area contributed by atoms with Crippen LogP contribution in [-0.2, 0) is 14.7 Å². The van der Waals surface area contributed by atoms with Gasteiger partial charge in [-0.2, -0.15) is 5.06 Å². The molecular weight excluding hydrogens is 260 g/mol. The van der Waals surface area contributed by atoms with Gasteiger partial charge in [-0.15, -0.1) is 0 Å². The fourth-order valence-electron chi connectivity index (χ4n) is 2.17. The van der Waals surface area contributed by atoms with Gasteiger partial charge in [0, 0.05) is 5.57 Å². The summed E-state index contributed by atoms with van der Waals surface area (Å²) in [5.74, 6) is -0.0204. The van der Waals surface area contributed by atoms with Crippen molar-refractivity contribution in [3.05, 3.63) is 35.4 Å². The number of ketones is 1. The molecule has 0 aromatic carbocycles. The van der Waals surface area contributed by atoms with E-state index in [1.165, 1.54) is 25.3 Å². The summed E-state index contributed by atoms with van der Waals surface area (Å²) in [6, 6.07) is 0. The molecule has 1 radical (unpaired) electrons. The summed E-state index contributed by atoms with van der Waals surface area (Å²) in [7, 11) is 1.39. The highest BCUT2D eigenvalue weighted by molar-refractivity contribution is 6.04. The largest absolute Gasteiger partial charge is 0.493 e. The van der Waals surface area contributed by atoms with Gasteiger partial charge in [0.2, 0.25) is 5.78 Å². The first kappa shape index (κ1) is 14.6. The monoisotopic (exact) mass is 279 g/mol. The molecule has 109 valence electrons. The van der Waals surface area contributed by atoms with Gasteiger partial charge < -0.3 is 4.74 Å². The van der Waals surface area contributed by atoms with Crippen molar-refractivity contribution in [3.63, 3.8) is 0 Å². The van der Waals surface area contributed by atoms with E-state index in [2.05, 4.69) is 0 Å². The zero-order valence-corrected chi connectivity index (χ0v) is 12.3. The van der Waals surface area contributed by atoms with Gasteiger partial charge in [-0.3, -0.25) is 10.0 Å². The minimum Gasteiger partial charge on any atom is -0.493 e. The minimum atomic E-state index is -0.819. The second-order valence-corrected chi connectivity index (χ2v) is 5.91. The molecule has 0 aromatic rings. The van der Waals surface area contributed by atoms with Crippen molar-refractivity contribution >= 4 is 5.78 Å². The first-order valence-corrected chi connectivity index (χ1v) is 6.33. The molecule has 1 fully saturated rings. The molecule has 20 heavy (non-hydrogen) atoms. The van der Waals surface area contributed by atoms with Gasteiger partial charge in [-0.25, -0.2) is 5.06 Å². The molecule has 0 unspecified atom stereocenters. The molecule has 0 amide bonds. The van der Waals surface area contributed by atoms with Crippen LogP contribution in [0, 0.1) is 0 Å². The Morgan fingerprint density at radius 3 is 2.20 bits per heavy atom. The molecule has 1 heterocycles. The van der Waals surface area contributed by atoms with E-state index in [1.807, 2.05) is 0 Å². The van der Waals surface area contributed by atoms with Crippen molar-refractivity contribution in [1.82, 2.24) is 10.1 Å². The molecule has 0 atom stereocenters. The summed E-state index contributed by atoms with van der Waals surface area (Å²) in [4.78, 5) is 11.5. The topological polar surface area (TPSA) is 72.9 Å². The molecule has 6 heteroatoms. The van der Waals surface area contributed by atoms with Crippen LogP contribution >= 0.6 is 0 Å². The van der Waals surface area contributed by atoms with Crippen LogP contribution in [-0.4, -0.2) is 39.3 Å². The SMILES string of the molecule is COC1=C/C(=C2/N([O])C(C)(C)C(C)(C)N2O)C=CC1=O. The van der Waals surface area contributed by atoms with Crippen LogP contribution in [0.3, 0.4) is 0 Å². The van der Waals surface area contributed by atoms with Gasteiger partial charge in [0.25, 0.3) is 0 Å². The third-order valence-corrected chi connectivity index (χ3v) is 4.35. The molecule has 0 spiro atoms. The van der Waals surface area contributed by atoms with E-state index >= 15 is 0 Å². The molecule has 1 N–H and O–H groups in total. The fourth-order valence-corrected chi connectivity index (χ4v) is 2.17. The Kier molecular flexibility index (Phi) is 3.19. The second-order valence-electron chi connectivity index (χ2n) is 5.91. The first-order chi connectivity index (χ1) is 9.14. The molecule has 2 aliphatic rings. The van der Waals surface area contributed by atoms with Crippen molar-refractivity contribution in [2.24, 2.45) is 0 Å². The summed E-state index contributed by atoms with van der Waals surface area (Å²) >= 11 is 0. The Hall–Kier alpha value is -1.79. The lowest BCUT2D eigenvalue weighted by Gasteiger charge is -2.36. The van der Waals surface area contributed by atoms with Crippen molar-refractivity contribution in [3.8, 4) is 0 Å². The highest BCUT2D eigenvalue weighted by Crippen LogP contribution is 2.44. The maximum absolute atomic E-state index is 12.5. The number of hydroxylamine groups is 4. The Labute approximate surface area is 118 Å². The van der Waals surface area contributed by atoms with Gasteiger partial charge in [0.15, 0.2) is 11.6 Å². The Bertz CT molecular complexity index is 521. The van der Waals surface area contributed by atoms with Gasteiger partial charge in [0.1, 0.15) is 0 Å². The number of allylic oxidation sites excluding steroid dienone is 4. The highest BCUT2D eigenvalue weighted by Gasteiger charge is 2.56. The third kappa shape index (κ3) is 1.76. The maximum atomic E-state index is 12.5. The zero-order valence-electron chi connectivity index (χ0n) is 12.3. The fraction of sp³-hybridized carbons (Fsp3) is 0.500. The Balaban J connectivity index is 2.58. The molecule has 0 bridgehead atoms. The number of carbonyl (C=O) groups excluding carboxylic acids is 1. The molecule has 2 rings (SSSR count). The van der Waals surface area contributed by atoms with Crippen LogP contribution in [0.5, 0.6) is 0 Å². The van der Waals surface area contributed by atoms with Crippen LogP contribution in [0.4, 0.5) is 0 Å². The average molecular weight is 279 g/mol. The van der Waals surface area contributed by atoms with E-state index in [9.17, 15) is 15.2 Å². The number of nitrogens with zero attached hydrogens (tertiary/aromatic N) is 2. The predicted molar refractivity (Wildman–Crippen MR) is 70.6 cm³/mol. The summed E-state index contributed by atoms with van der Waals surface area (Å²) in [5.41, 5.74) is -1.15. The lowest BCUT2D eigenvalue weighted by atomic mass is 9.84. The van der Waals surface area contributed by atoms with Crippen molar-refractivity contribution in [2.75, 3.05) is 7.11 Å². The van der Waals surface area contributed by atoms with E-state index in [4.69, 9.17) is 4.74 Å². The standard InChI is InChI=1S/C14H19N2O4/c1-13(2)14(3,4)16(19)12(15(13)18)9-6-7-10(17)11(8-9)20-5/h6-8,18H,1-5H3/b12-9+. The number of methoxy groups -OCH3 is 1. The first-order valence-electron chi connectivity index (χ1n) is 6.33. The summed E-state index contributed by atoms with van der Waals surface area (Å²) in [6.45, 7) is 7.08. The number of hydrogen-bond donors (Lipinski definition) is 1. The van der Waals surface area contributed by atoms with Crippen LogP contribution in [0.25, 0.3) is 0 Å². The predicted octanol–water partition coefficient (Wildman–Crippen LogP) is 1.78. The maximum Gasteiger partial charge on any atom is 0.220 e. The number of hydrogen-bond acceptors (Lipinski definition) is 5. The van der Waals surface area contributed by atoms with E-state index in [0.717, 1.165) is 10.1 Å². The van der Waals surface area contributed by atoms with Gasteiger partial charge in [0.05, 0.1) is 18.2 Å². The molecule has 0 saturated carbocycles. The lowest BCUT2D eigenvalue weighted by Crippen LogP contribution is -2.52. The minimum absolute atomic E-state index is 0.110. The zero-order chi connectivity index (χ0) is 15.3. The van der Waals surface area contributed by atoms with Gasteiger partial charge in [-0.05, 0) is 45.9 Å². The van der Waals surface area contributed by atoms with Crippen LogP contribution in [0.2, 0.25) is 0 Å². The smallest absolute Gasteiger partial charge is 0.220 e. The highest BCUT2D eigenvalue weighted by atomic mass is 16.6. The molecular formula is C14H19N2O4. The molecule has 0 aromatic heterocycles. The number of carbonyl (C=O) groups is 1. The Morgan fingerprint density at radius 1 is 1.15 bits per heavy atom. The normalized spacial score (nSPS) is 27.9. The Morgan fingerprint density at radius 2 is 1.75 bits per heavy atom. The number of rotatable bonds is 1. The van der Waals surface area contributed by atoms with Gasteiger partial charge in [-0.1, -0.05) is 5.21 Å². The van der Waals surface area contributed by atoms with Crippen LogP contribution in [0.15, 0.2) is 35.4 Å². The van der Waals surface area contributed by atoms with E-state index in [-0.39, 0.29) is 17.4 Å². The average Bonchev–Trinajstić information content (AvgIpc) is 2.50. The van der Waals surface area contributed by atoms with E-state index in [1.54, 1.807) is 27.7 Å². The van der Waals surface area contributed by atoms with Gasteiger partial charge >= 0.3 is 0 Å². The quantitative estimate of drug-likeness (QED) is 0.792. The summed E-state index contributed by atoms with van der Waals surface area (Å²) < 4.78 is 4.97. The summed E-state index contributed by atoms with van der Waals surface area (Å²) in [5, 5.41) is 24.6. The second kappa shape index (κ2) is 4.36. The molecule has 1 aliphatic carbocycles. The molecule has 6 nitrogen and oxygen atoms in total. The van der Waals surface area contributed by atoms with E-state index < -0.39 is 11.1 Å². The lowest BCUT2D eigenvalue weighted by molar-refractivity contribution is -0.181. The van der Waals surface area contributed by atoms with E-state index in [0.29, 0.717) is 5.57 Å². The van der Waals surface area contributed by atoms with Crippen molar-refractivity contribution in [1.29, 1.82) is 0 Å².